The lowest BCUT2D eigenvalue weighted by Gasteiger charge is -2.32. The standard InChI is InChI=1S/C40H43F2N8O7S/c1-25(36-46-33(21-58-36)28-12-10-27(18-43)11-13-28)40(54,31-17-30(41)14-15-32(31)42)22-50-24-49(23-45-50)26(2)56-38(53)48(7)35-29(9-8-16-44-35)20-55-34(51)19-47(6)37(52)57-39(3,4)5/h8-17,21,23-26,54H,19-20,22H2,1-7H3/q+1/t25-,26?,40+/m0/s1. The number of thiazole rings is 1. The topological polar surface area (TPSA) is 177 Å². The molecule has 58 heavy (non-hydrogen) atoms. The number of aromatic nitrogens is 5. The molecule has 15 nitrogen and oxygen atoms in total. The van der Waals surface area contributed by atoms with Crippen molar-refractivity contribution in [2.75, 3.05) is 25.5 Å². The molecule has 3 heterocycles. The summed E-state index contributed by atoms with van der Waals surface area (Å²) in [7, 11) is 2.83. The smallest absolute Gasteiger partial charge is 0.418 e. The third kappa shape index (κ3) is 10.3. The maximum Gasteiger partial charge on any atom is 0.418 e. The van der Waals surface area contributed by atoms with Crippen molar-refractivity contribution in [2.24, 2.45) is 0 Å². The molecule has 0 radical (unpaired) electrons. The van der Waals surface area contributed by atoms with Crippen LogP contribution >= 0.6 is 11.3 Å². The average molecular weight is 818 g/mol. The maximum atomic E-state index is 15.4. The predicted octanol–water partition coefficient (Wildman–Crippen LogP) is 6.23. The number of halogens is 2. The van der Waals surface area contributed by atoms with Crippen LogP contribution in [-0.4, -0.2) is 74.2 Å². The molecule has 0 aliphatic heterocycles. The van der Waals surface area contributed by atoms with Crippen molar-refractivity contribution in [1.82, 2.24) is 24.6 Å². The van der Waals surface area contributed by atoms with Crippen molar-refractivity contribution < 1.29 is 47.0 Å². The summed E-state index contributed by atoms with van der Waals surface area (Å²) in [6.45, 7) is 7.36. The van der Waals surface area contributed by atoms with Crippen molar-refractivity contribution in [3.8, 4) is 17.3 Å². The zero-order chi connectivity index (χ0) is 42.4. The highest BCUT2D eigenvalue weighted by atomic mass is 32.1. The van der Waals surface area contributed by atoms with Crippen LogP contribution in [0.3, 0.4) is 0 Å². The molecule has 0 spiro atoms. The fraction of sp³-hybridized carbons (Fsp3) is 0.350. The number of ether oxygens (including phenoxy) is 3. The van der Waals surface area contributed by atoms with Gasteiger partial charge in [-0.3, -0.25) is 9.69 Å². The number of anilines is 1. The van der Waals surface area contributed by atoms with Crippen LogP contribution in [0.25, 0.3) is 11.3 Å². The van der Waals surface area contributed by atoms with Crippen LogP contribution in [0.5, 0.6) is 0 Å². The van der Waals surface area contributed by atoms with Gasteiger partial charge in [0.15, 0.2) is 0 Å². The summed E-state index contributed by atoms with van der Waals surface area (Å²) < 4.78 is 49.0. The van der Waals surface area contributed by atoms with E-state index >= 15 is 4.39 Å². The molecular weight excluding hydrogens is 775 g/mol. The summed E-state index contributed by atoms with van der Waals surface area (Å²) in [6.07, 6.45) is 1.77. The summed E-state index contributed by atoms with van der Waals surface area (Å²) in [5, 5.41) is 28.0. The van der Waals surface area contributed by atoms with Crippen molar-refractivity contribution in [1.29, 1.82) is 5.26 Å². The first-order valence-electron chi connectivity index (χ1n) is 17.9. The molecule has 2 amide bonds. The highest BCUT2D eigenvalue weighted by Gasteiger charge is 2.43. The number of esters is 1. The Morgan fingerprint density at radius 3 is 2.48 bits per heavy atom. The van der Waals surface area contributed by atoms with Gasteiger partial charge in [0.2, 0.25) is 12.6 Å². The molecule has 5 rings (SSSR count). The highest BCUT2D eigenvalue weighted by Crippen LogP contribution is 2.41. The van der Waals surface area contributed by atoms with Crippen LogP contribution in [0.1, 0.15) is 68.5 Å². The summed E-state index contributed by atoms with van der Waals surface area (Å²) >= 11 is 1.23. The number of hydrogen-bond donors (Lipinski definition) is 1. The number of nitrogens with zero attached hydrogens (tertiary/aromatic N) is 8. The lowest BCUT2D eigenvalue weighted by atomic mass is 9.82. The number of carbonyl (C=O) groups is 3. The molecule has 18 heteroatoms. The van der Waals surface area contributed by atoms with Gasteiger partial charge in [0.05, 0.1) is 22.3 Å². The van der Waals surface area contributed by atoms with Crippen LogP contribution < -0.4 is 9.47 Å². The van der Waals surface area contributed by atoms with Gasteiger partial charge >= 0.3 is 18.2 Å². The van der Waals surface area contributed by atoms with Crippen molar-refractivity contribution in [3.63, 3.8) is 0 Å². The molecule has 0 bridgehead atoms. The lowest BCUT2D eigenvalue weighted by molar-refractivity contribution is -0.753. The normalized spacial score (nSPS) is 13.4. The molecule has 304 valence electrons. The van der Waals surface area contributed by atoms with Gasteiger partial charge in [-0.25, -0.2) is 28.3 Å². The van der Waals surface area contributed by atoms with Gasteiger partial charge in [0.1, 0.15) is 48.4 Å². The molecule has 1 unspecified atom stereocenters. The number of carbonyl (C=O) groups excluding carboxylic acids is 3. The van der Waals surface area contributed by atoms with Gasteiger partial charge in [-0.2, -0.15) is 9.83 Å². The second-order valence-corrected chi connectivity index (χ2v) is 15.3. The lowest BCUT2D eigenvalue weighted by Crippen LogP contribution is -2.42. The monoisotopic (exact) mass is 817 g/mol. The molecule has 3 aromatic heterocycles. The Hall–Kier alpha value is -6.32. The van der Waals surface area contributed by atoms with Crippen LogP contribution in [-0.2, 0) is 37.8 Å². The van der Waals surface area contributed by atoms with E-state index in [2.05, 4.69) is 16.2 Å². The molecule has 1 N–H and O–H groups in total. The third-order valence-electron chi connectivity index (χ3n) is 8.93. The fourth-order valence-corrected chi connectivity index (χ4v) is 6.67. The molecule has 0 saturated heterocycles. The van der Waals surface area contributed by atoms with E-state index in [1.54, 1.807) is 76.4 Å². The molecule has 0 aliphatic carbocycles. The van der Waals surface area contributed by atoms with E-state index in [1.807, 2.05) is 0 Å². The minimum atomic E-state index is -2.07. The van der Waals surface area contributed by atoms with E-state index in [4.69, 9.17) is 24.5 Å². The van der Waals surface area contributed by atoms with E-state index < -0.39 is 53.1 Å². The Balaban J connectivity index is 1.28. The third-order valence-corrected chi connectivity index (χ3v) is 9.95. The zero-order valence-corrected chi connectivity index (χ0v) is 33.7. The summed E-state index contributed by atoms with van der Waals surface area (Å²) in [6, 6.07) is 14.9. The first kappa shape index (κ1) is 42.8. The molecule has 0 aliphatic rings. The van der Waals surface area contributed by atoms with Crippen molar-refractivity contribution in [2.45, 2.75) is 71.1 Å². The first-order chi connectivity index (χ1) is 27.4. The number of hydrogen-bond acceptors (Lipinski definition) is 12. The predicted molar refractivity (Wildman–Crippen MR) is 206 cm³/mol. The van der Waals surface area contributed by atoms with E-state index in [0.717, 1.165) is 33.6 Å². The van der Waals surface area contributed by atoms with Gasteiger partial charge < -0.3 is 24.2 Å². The first-order valence-corrected chi connectivity index (χ1v) is 18.8. The second-order valence-electron chi connectivity index (χ2n) is 14.4. The number of amides is 2. The number of aliphatic hydroxyl groups is 1. The van der Waals surface area contributed by atoms with Gasteiger partial charge in [-0.15, -0.1) is 16.0 Å². The summed E-state index contributed by atoms with van der Waals surface area (Å²) in [5.74, 6) is -3.02. The van der Waals surface area contributed by atoms with Crippen LogP contribution in [0.15, 0.2) is 78.8 Å². The Morgan fingerprint density at radius 2 is 1.79 bits per heavy atom. The van der Waals surface area contributed by atoms with E-state index in [1.165, 1.54) is 53.5 Å². The minimum Gasteiger partial charge on any atom is -0.459 e. The quantitative estimate of drug-likeness (QED) is 0.0810. The van der Waals surface area contributed by atoms with E-state index in [-0.39, 0.29) is 31.1 Å². The SMILES string of the molecule is CC(OC(=O)N(C)c1ncccc1COC(=O)CN(C)C(=O)OC(C)(C)C)[n+]1cnn(C[C@](O)(c2cc(F)ccc2F)[C@@H](C)c2nc(-c3ccc(C#N)cc3)cs2)c1. The second kappa shape index (κ2) is 17.9. The van der Waals surface area contributed by atoms with Gasteiger partial charge in [0.25, 0.3) is 6.33 Å². The van der Waals surface area contributed by atoms with Crippen LogP contribution in [0.2, 0.25) is 0 Å². The molecule has 5 aromatic rings. The number of benzene rings is 2. The minimum absolute atomic E-state index is 0.148. The van der Waals surface area contributed by atoms with Gasteiger partial charge in [-0.05, 0) is 57.2 Å². The van der Waals surface area contributed by atoms with E-state index in [9.17, 15) is 23.9 Å². The Labute approximate surface area is 337 Å². The summed E-state index contributed by atoms with van der Waals surface area (Å²) in [4.78, 5) is 49.3. The average Bonchev–Trinajstić information content (AvgIpc) is 3.87. The molecular formula is C40H43F2N8O7S+. The summed E-state index contributed by atoms with van der Waals surface area (Å²) in [5.41, 5.74) is -0.932. The number of likely N-dealkylation sites (N-methyl/N-ethyl adjacent to an activating group) is 1. The fourth-order valence-electron chi connectivity index (χ4n) is 5.70. The largest absolute Gasteiger partial charge is 0.459 e. The zero-order valence-electron chi connectivity index (χ0n) is 32.9. The number of nitriles is 1. The van der Waals surface area contributed by atoms with Gasteiger partial charge in [0, 0.05) is 60.3 Å². The van der Waals surface area contributed by atoms with Crippen LogP contribution in [0, 0.1) is 23.0 Å². The van der Waals surface area contributed by atoms with E-state index in [0.29, 0.717) is 21.8 Å². The Kier molecular flexibility index (Phi) is 13.2. The molecule has 0 saturated carbocycles. The molecule has 3 atom stereocenters. The Bertz CT molecular complexity index is 2310. The number of pyridine rings is 1. The van der Waals surface area contributed by atoms with Crippen molar-refractivity contribution >= 4 is 35.3 Å². The molecule has 0 fully saturated rings. The Morgan fingerprint density at radius 1 is 1.07 bits per heavy atom. The van der Waals surface area contributed by atoms with Gasteiger partial charge in [-0.1, -0.05) is 25.1 Å². The number of rotatable bonds is 13. The highest BCUT2D eigenvalue weighted by molar-refractivity contribution is 7.10. The maximum absolute atomic E-state index is 15.4. The molecule has 2 aromatic carbocycles. The van der Waals surface area contributed by atoms with Crippen molar-refractivity contribution in [3.05, 3.63) is 112 Å². The van der Waals surface area contributed by atoms with Crippen LogP contribution in [0.4, 0.5) is 24.2 Å².